The fourth-order valence-electron chi connectivity index (χ4n) is 0.514. The van der Waals surface area contributed by atoms with Gasteiger partial charge >= 0.3 is 5.97 Å². The predicted octanol–water partition coefficient (Wildman–Crippen LogP) is 0.100. The van der Waals surface area contributed by atoms with Gasteiger partial charge in [-0.2, -0.15) is 0 Å². The van der Waals surface area contributed by atoms with Crippen molar-refractivity contribution in [2.75, 3.05) is 0 Å². The van der Waals surface area contributed by atoms with Gasteiger partial charge < -0.3 is 10.4 Å². The highest BCUT2D eigenvalue weighted by Gasteiger charge is 2.02. The summed E-state index contributed by atoms with van der Waals surface area (Å²) in [5, 5.41) is 11.1. The van der Waals surface area contributed by atoms with Crippen molar-refractivity contribution >= 4 is 12.3 Å². The molecule has 0 spiro atoms. The van der Waals surface area contributed by atoms with Gasteiger partial charge in [-0.15, -0.1) is 0 Å². The Morgan fingerprint density at radius 1 is 1.70 bits per heavy atom. The number of hydrogen-bond donors (Lipinski definition) is 2. The molecule has 0 saturated carbocycles. The van der Waals surface area contributed by atoms with E-state index in [2.05, 4.69) is 10.3 Å². The molecule has 1 heterocycles. The molecule has 1 rings (SSSR count). The molecule has 0 amide bonds. The van der Waals surface area contributed by atoms with Gasteiger partial charge in [0.25, 0.3) is 0 Å². The lowest BCUT2D eigenvalue weighted by molar-refractivity contribution is -0.132. The van der Waals surface area contributed by atoms with Gasteiger partial charge in [-0.05, 0) is 12.2 Å². The molecule has 10 heavy (non-hydrogen) atoms. The summed E-state index contributed by atoms with van der Waals surface area (Å²) in [5.41, 5.74) is 0.0289. The molecule has 4 nitrogen and oxygen atoms in total. The Morgan fingerprint density at radius 3 is 3.20 bits per heavy atom. The minimum atomic E-state index is -1.02. The maximum absolute atomic E-state index is 10.3. The number of rotatable bonds is 1. The first-order valence-electron chi connectivity index (χ1n) is 2.69. The number of carboxylic acid groups (broad SMARTS) is 1. The third-order valence-corrected chi connectivity index (χ3v) is 0.944. The normalized spacial score (nSPS) is 15.4. The molecule has 52 valence electrons. The van der Waals surface area contributed by atoms with Crippen molar-refractivity contribution in [3.8, 4) is 0 Å². The second kappa shape index (κ2) is 2.82. The van der Waals surface area contributed by atoms with Crippen LogP contribution in [-0.4, -0.2) is 17.4 Å². The van der Waals surface area contributed by atoms with E-state index in [0.29, 0.717) is 0 Å². The van der Waals surface area contributed by atoms with Crippen LogP contribution in [0.1, 0.15) is 0 Å². The van der Waals surface area contributed by atoms with Crippen LogP contribution in [0.25, 0.3) is 0 Å². The van der Waals surface area contributed by atoms with Crippen molar-refractivity contribution in [3.63, 3.8) is 0 Å². The molecule has 0 atom stereocenters. The topological polar surface area (TPSA) is 61.7 Å². The molecule has 0 fully saturated rings. The van der Waals surface area contributed by atoms with E-state index in [9.17, 15) is 4.79 Å². The number of nitrogens with zero attached hydrogens (tertiary/aromatic N) is 1. The highest BCUT2D eigenvalue weighted by atomic mass is 16.4. The number of carbonyl (C=O) groups is 1. The average Bonchev–Trinajstić information content (AvgIpc) is 2.12. The molecular weight excluding hydrogens is 132 g/mol. The molecule has 1 aliphatic rings. The van der Waals surface area contributed by atoms with Crippen LogP contribution in [0.3, 0.4) is 0 Å². The summed E-state index contributed by atoms with van der Waals surface area (Å²) in [4.78, 5) is 13.8. The average molecular weight is 138 g/mol. The number of nitrogens with one attached hydrogen (secondary N) is 1. The Balaban J connectivity index is 2.83. The van der Waals surface area contributed by atoms with Crippen LogP contribution in [-0.2, 0) is 4.79 Å². The molecule has 0 aromatic carbocycles. The van der Waals surface area contributed by atoms with E-state index in [4.69, 9.17) is 5.11 Å². The van der Waals surface area contributed by atoms with Crippen LogP contribution in [0.2, 0.25) is 0 Å². The van der Waals surface area contributed by atoms with Crippen LogP contribution in [0, 0.1) is 0 Å². The van der Waals surface area contributed by atoms with E-state index in [1.54, 1.807) is 12.3 Å². The summed E-state index contributed by atoms with van der Waals surface area (Å²) in [6.07, 6.45) is 5.91. The van der Waals surface area contributed by atoms with Crippen LogP contribution < -0.4 is 5.32 Å². The second-order valence-corrected chi connectivity index (χ2v) is 1.64. The molecular formula is C6H6N2O2. The fourth-order valence-corrected chi connectivity index (χ4v) is 0.514. The van der Waals surface area contributed by atoms with Gasteiger partial charge in [0.05, 0.1) is 6.34 Å². The Kier molecular flexibility index (Phi) is 1.84. The molecule has 0 unspecified atom stereocenters. The van der Waals surface area contributed by atoms with Crippen LogP contribution in [0.15, 0.2) is 29.0 Å². The van der Waals surface area contributed by atoms with E-state index >= 15 is 0 Å². The molecule has 0 saturated heterocycles. The van der Waals surface area contributed by atoms with Crippen molar-refractivity contribution in [1.29, 1.82) is 0 Å². The van der Waals surface area contributed by atoms with Gasteiger partial charge in [-0.1, -0.05) is 0 Å². The van der Waals surface area contributed by atoms with E-state index in [0.717, 1.165) is 0 Å². The van der Waals surface area contributed by atoms with Gasteiger partial charge in [0, 0.05) is 6.20 Å². The monoisotopic (exact) mass is 138 g/mol. The summed E-state index contributed by atoms with van der Waals surface area (Å²) in [5.74, 6) is -1.02. The van der Waals surface area contributed by atoms with Gasteiger partial charge in [0.1, 0.15) is 5.70 Å². The smallest absolute Gasteiger partial charge is 0.354 e. The number of carboxylic acids is 1. The van der Waals surface area contributed by atoms with Gasteiger partial charge in [0.2, 0.25) is 0 Å². The Bertz CT molecular complexity index is 228. The van der Waals surface area contributed by atoms with E-state index < -0.39 is 5.97 Å². The number of hydrogen-bond acceptors (Lipinski definition) is 3. The van der Waals surface area contributed by atoms with E-state index in [-0.39, 0.29) is 5.70 Å². The van der Waals surface area contributed by atoms with Gasteiger partial charge in [-0.3, -0.25) is 0 Å². The zero-order valence-corrected chi connectivity index (χ0v) is 5.11. The van der Waals surface area contributed by atoms with Crippen LogP contribution in [0.5, 0.6) is 0 Å². The fraction of sp³-hybridized carbons (Fsp3) is 0. The van der Waals surface area contributed by atoms with Crippen molar-refractivity contribution in [2.45, 2.75) is 0 Å². The first-order chi connectivity index (χ1) is 4.80. The maximum atomic E-state index is 10.3. The molecule has 0 aromatic heterocycles. The van der Waals surface area contributed by atoms with Crippen LogP contribution >= 0.6 is 0 Å². The highest BCUT2D eigenvalue weighted by molar-refractivity contribution is 5.88. The number of aliphatic imine (C=N–C) groups is 1. The summed E-state index contributed by atoms with van der Waals surface area (Å²) < 4.78 is 0. The predicted molar refractivity (Wildman–Crippen MR) is 36.5 cm³/mol. The molecule has 0 aromatic rings. The minimum absolute atomic E-state index is 0.0289. The lowest BCUT2D eigenvalue weighted by Gasteiger charge is -1.87. The zero-order valence-electron chi connectivity index (χ0n) is 5.11. The van der Waals surface area contributed by atoms with Crippen molar-refractivity contribution in [2.24, 2.45) is 4.99 Å². The minimum Gasteiger partial charge on any atom is -0.477 e. The Morgan fingerprint density at radius 2 is 2.50 bits per heavy atom. The maximum Gasteiger partial charge on any atom is 0.354 e. The van der Waals surface area contributed by atoms with Crippen molar-refractivity contribution in [3.05, 3.63) is 24.0 Å². The van der Waals surface area contributed by atoms with Crippen molar-refractivity contribution in [1.82, 2.24) is 5.32 Å². The molecule has 0 aliphatic carbocycles. The third-order valence-electron chi connectivity index (χ3n) is 0.944. The van der Waals surface area contributed by atoms with Gasteiger partial charge in [-0.25, -0.2) is 9.79 Å². The largest absolute Gasteiger partial charge is 0.477 e. The molecule has 1 aliphatic heterocycles. The zero-order chi connectivity index (χ0) is 7.40. The van der Waals surface area contributed by atoms with E-state index in [1.807, 2.05) is 0 Å². The Labute approximate surface area is 57.6 Å². The quantitative estimate of drug-likeness (QED) is 0.540. The molecule has 0 bridgehead atoms. The summed E-state index contributed by atoms with van der Waals surface area (Å²) >= 11 is 0. The first-order valence-corrected chi connectivity index (χ1v) is 2.69. The van der Waals surface area contributed by atoms with Crippen molar-refractivity contribution < 1.29 is 9.90 Å². The first kappa shape index (κ1) is 6.54. The van der Waals surface area contributed by atoms with E-state index in [1.165, 1.54) is 12.4 Å². The highest BCUT2D eigenvalue weighted by Crippen LogP contribution is 1.97. The second-order valence-electron chi connectivity index (χ2n) is 1.64. The number of aliphatic carboxylic acids is 1. The van der Waals surface area contributed by atoms with Gasteiger partial charge in [0.15, 0.2) is 0 Å². The Hall–Kier alpha value is -1.58. The molecule has 2 N–H and O–H groups in total. The third kappa shape index (κ3) is 1.45. The van der Waals surface area contributed by atoms with Crippen LogP contribution in [0.4, 0.5) is 0 Å². The lowest BCUT2D eigenvalue weighted by Crippen LogP contribution is -2.01. The molecule has 0 radical (unpaired) electrons. The summed E-state index contributed by atoms with van der Waals surface area (Å²) in [6, 6.07) is 0. The molecule has 4 heteroatoms. The lowest BCUT2D eigenvalue weighted by atomic mass is 10.4. The standard InChI is InChI=1S/C6H6N2O2/c9-6(10)5-2-1-3-7-4-8-5/h1-4H,(H,7,8)(H,9,10). The SMILES string of the molecule is O=C(O)C1=CC=CNC=N1. The summed E-state index contributed by atoms with van der Waals surface area (Å²) in [7, 11) is 0. The summed E-state index contributed by atoms with van der Waals surface area (Å²) in [6.45, 7) is 0. The number of allylic oxidation sites excluding steroid dienone is 2.